The highest BCUT2D eigenvalue weighted by atomic mass is 32.2. The molecule has 8 heteroatoms. The van der Waals surface area contributed by atoms with E-state index in [4.69, 9.17) is 9.84 Å². The smallest absolute Gasteiger partial charge is 0.331 e. The fraction of sp³-hybridized carbons (Fsp3) is 0.423. The maximum absolute atomic E-state index is 13.8. The number of fused-ring (bicyclic) bond motifs is 1. The van der Waals surface area contributed by atoms with Crippen molar-refractivity contribution in [3.8, 4) is 5.75 Å². The predicted octanol–water partition coefficient (Wildman–Crippen LogP) is 6.29. The van der Waals surface area contributed by atoms with Crippen LogP contribution in [-0.4, -0.2) is 37.5 Å². The molecule has 0 fully saturated rings. The Morgan fingerprint density at radius 2 is 1.94 bits per heavy atom. The molecule has 1 aliphatic rings. The molecule has 1 atom stereocenters. The standard InChI is InChI=1S/C26H33NO5S2/c1-4-7-14-26(5-2)18-27(20-11-9-8-10-12-20)21-16-23(33-6-3)22(32-15-13-25(28)29)17-24(21)34(30,31)19-26/h8-13,15-17H,4-7,14,18-19H2,1-3H3,(H,28,29). The Balaban J connectivity index is 2.24. The van der Waals surface area contributed by atoms with Gasteiger partial charge in [-0.05, 0) is 36.8 Å². The summed E-state index contributed by atoms with van der Waals surface area (Å²) in [5.41, 5.74) is 1.21. The number of ether oxygens (including phenoxy) is 1. The van der Waals surface area contributed by atoms with E-state index in [0.29, 0.717) is 18.0 Å². The first-order valence-electron chi connectivity index (χ1n) is 11.7. The summed E-state index contributed by atoms with van der Waals surface area (Å²) in [5.74, 6) is 0.0335. The number of anilines is 2. The first kappa shape index (κ1) is 26.2. The lowest BCUT2D eigenvalue weighted by Gasteiger charge is -2.36. The Kier molecular flexibility index (Phi) is 8.71. The number of hydrogen-bond donors (Lipinski definition) is 1. The number of unbranched alkanes of at least 4 members (excludes halogenated alkanes) is 1. The van der Waals surface area contributed by atoms with Gasteiger partial charge in [-0.15, -0.1) is 11.8 Å². The molecule has 6 nitrogen and oxygen atoms in total. The first-order valence-corrected chi connectivity index (χ1v) is 14.3. The number of para-hydroxylation sites is 1. The molecule has 1 unspecified atom stereocenters. The van der Waals surface area contributed by atoms with Crippen LogP contribution >= 0.6 is 11.8 Å². The molecule has 0 bridgehead atoms. The van der Waals surface area contributed by atoms with Crippen LogP contribution in [0.2, 0.25) is 0 Å². The second-order valence-corrected chi connectivity index (χ2v) is 11.9. The van der Waals surface area contributed by atoms with Gasteiger partial charge < -0.3 is 14.7 Å². The quantitative estimate of drug-likeness (QED) is 0.232. The van der Waals surface area contributed by atoms with Crippen molar-refractivity contribution in [2.24, 2.45) is 5.41 Å². The summed E-state index contributed by atoms with van der Waals surface area (Å²) in [6.07, 6.45) is 5.53. The molecule has 2 aromatic rings. The first-order chi connectivity index (χ1) is 16.2. The molecule has 3 rings (SSSR count). The van der Waals surface area contributed by atoms with E-state index in [2.05, 4.69) is 18.7 Å². The molecule has 0 radical (unpaired) electrons. The third-order valence-electron chi connectivity index (χ3n) is 6.22. The van der Waals surface area contributed by atoms with Gasteiger partial charge in [0, 0.05) is 23.7 Å². The van der Waals surface area contributed by atoms with Crippen LogP contribution in [0.4, 0.5) is 11.4 Å². The maximum Gasteiger partial charge on any atom is 0.331 e. The van der Waals surface area contributed by atoms with E-state index in [9.17, 15) is 13.2 Å². The zero-order chi connectivity index (χ0) is 24.8. The van der Waals surface area contributed by atoms with Crippen LogP contribution in [0.3, 0.4) is 0 Å². The number of carboxylic acid groups (broad SMARTS) is 1. The van der Waals surface area contributed by atoms with Crippen molar-refractivity contribution in [2.45, 2.75) is 56.2 Å². The third kappa shape index (κ3) is 5.96. The van der Waals surface area contributed by atoms with E-state index < -0.39 is 15.8 Å². The lowest BCUT2D eigenvalue weighted by molar-refractivity contribution is -0.131. The zero-order valence-electron chi connectivity index (χ0n) is 20.0. The Bertz CT molecular complexity index is 1130. The average molecular weight is 504 g/mol. The molecule has 0 spiro atoms. The molecular formula is C26H33NO5S2. The number of hydrogen-bond acceptors (Lipinski definition) is 6. The van der Waals surface area contributed by atoms with Crippen LogP contribution in [0.1, 0.15) is 46.5 Å². The number of benzene rings is 2. The average Bonchev–Trinajstić information content (AvgIpc) is 2.91. The summed E-state index contributed by atoms with van der Waals surface area (Å²) >= 11 is 1.53. The van der Waals surface area contributed by atoms with E-state index in [1.54, 1.807) is 6.07 Å². The normalized spacial score (nSPS) is 19.6. The molecule has 184 valence electrons. The predicted molar refractivity (Wildman–Crippen MR) is 138 cm³/mol. The number of aliphatic carboxylic acids is 1. The monoisotopic (exact) mass is 503 g/mol. The van der Waals surface area contributed by atoms with Gasteiger partial charge >= 0.3 is 5.97 Å². The van der Waals surface area contributed by atoms with Gasteiger partial charge in [0.25, 0.3) is 0 Å². The number of nitrogens with zero attached hydrogens (tertiary/aromatic N) is 1. The van der Waals surface area contributed by atoms with Gasteiger partial charge in [-0.1, -0.05) is 51.8 Å². The molecule has 2 aromatic carbocycles. The van der Waals surface area contributed by atoms with Gasteiger partial charge in [0.05, 0.1) is 33.6 Å². The number of carbonyl (C=O) groups is 1. The molecule has 1 N–H and O–H groups in total. The molecule has 0 saturated carbocycles. The van der Waals surface area contributed by atoms with Gasteiger partial charge in [-0.2, -0.15) is 0 Å². The zero-order valence-corrected chi connectivity index (χ0v) is 21.6. The topological polar surface area (TPSA) is 83.9 Å². The molecule has 34 heavy (non-hydrogen) atoms. The summed E-state index contributed by atoms with van der Waals surface area (Å²) in [7, 11) is -3.64. The van der Waals surface area contributed by atoms with Crippen LogP contribution in [0.5, 0.6) is 5.75 Å². The molecule has 1 aliphatic heterocycles. The van der Waals surface area contributed by atoms with Crippen LogP contribution in [0, 0.1) is 5.41 Å². The minimum atomic E-state index is -3.64. The van der Waals surface area contributed by atoms with Crippen molar-refractivity contribution >= 4 is 38.9 Å². The highest BCUT2D eigenvalue weighted by Gasteiger charge is 2.41. The number of carboxylic acids is 1. The Morgan fingerprint density at radius 3 is 2.56 bits per heavy atom. The second kappa shape index (κ2) is 11.3. The van der Waals surface area contributed by atoms with Gasteiger partial charge in [-0.25, -0.2) is 13.2 Å². The second-order valence-electron chi connectivity index (χ2n) is 8.60. The van der Waals surface area contributed by atoms with E-state index in [1.165, 1.54) is 11.8 Å². The van der Waals surface area contributed by atoms with Gasteiger partial charge in [0.15, 0.2) is 9.84 Å². The van der Waals surface area contributed by atoms with Crippen molar-refractivity contribution in [2.75, 3.05) is 23.0 Å². The lowest BCUT2D eigenvalue weighted by atomic mass is 9.81. The summed E-state index contributed by atoms with van der Waals surface area (Å²) in [6.45, 7) is 6.82. The molecule has 1 heterocycles. The highest BCUT2D eigenvalue weighted by Crippen LogP contribution is 2.47. The van der Waals surface area contributed by atoms with Crippen LogP contribution in [0.15, 0.2) is 64.6 Å². The number of rotatable bonds is 10. The van der Waals surface area contributed by atoms with Crippen molar-refractivity contribution in [1.29, 1.82) is 0 Å². The van der Waals surface area contributed by atoms with Gasteiger partial charge in [0.2, 0.25) is 0 Å². The summed E-state index contributed by atoms with van der Waals surface area (Å²) in [5, 5.41) is 8.92. The number of sulfone groups is 1. The molecule has 0 saturated heterocycles. The fourth-order valence-electron chi connectivity index (χ4n) is 4.40. The van der Waals surface area contributed by atoms with E-state index in [0.717, 1.165) is 54.4 Å². The minimum absolute atomic E-state index is 0.0670. The van der Waals surface area contributed by atoms with E-state index in [-0.39, 0.29) is 16.1 Å². The molecule has 0 aromatic heterocycles. The Labute approximate surface area is 206 Å². The third-order valence-corrected chi connectivity index (χ3v) is 9.13. The van der Waals surface area contributed by atoms with Crippen LogP contribution in [0.25, 0.3) is 0 Å². The van der Waals surface area contributed by atoms with Gasteiger partial charge in [-0.3, -0.25) is 0 Å². The number of thioether (sulfide) groups is 1. The summed E-state index contributed by atoms with van der Waals surface area (Å²) < 4.78 is 33.2. The van der Waals surface area contributed by atoms with E-state index >= 15 is 0 Å². The minimum Gasteiger partial charge on any atom is -0.478 e. The molecular weight excluding hydrogens is 470 g/mol. The van der Waals surface area contributed by atoms with Crippen molar-refractivity contribution in [1.82, 2.24) is 0 Å². The van der Waals surface area contributed by atoms with Crippen LogP contribution in [-0.2, 0) is 14.6 Å². The van der Waals surface area contributed by atoms with Crippen molar-refractivity contribution < 1.29 is 23.1 Å². The Hall–Kier alpha value is -2.45. The van der Waals surface area contributed by atoms with Crippen molar-refractivity contribution in [3.63, 3.8) is 0 Å². The van der Waals surface area contributed by atoms with Crippen LogP contribution < -0.4 is 9.64 Å². The lowest BCUT2D eigenvalue weighted by Crippen LogP contribution is -2.37. The summed E-state index contributed by atoms with van der Waals surface area (Å²) in [4.78, 5) is 14.0. The highest BCUT2D eigenvalue weighted by molar-refractivity contribution is 7.99. The fourth-order valence-corrected chi connectivity index (χ4v) is 7.33. The van der Waals surface area contributed by atoms with E-state index in [1.807, 2.05) is 43.3 Å². The SMILES string of the molecule is CCCCC1(CC)CN(c2ccccc2)c2cc(SCC)c(OC=CC(=O)O)cc2S(=O)(=O)C1. The maximum atomic E-state index is 13.8. The van der Waals surface area contributed by atoms with Crippen molar-refractivity contribution in [3.05, 3.63) is 54.8 Å². The largest absolute Gasteiger partial charge is 0.478 e. The molecule has 0 aliphatic carbocycles. The summed E-state index contributed by atoms with van der Waals surface area (Å²) in [6, 6.07) is 13.3. The Morgan fingerprint density at radius 1 is 1.21 bits per heavy atom. The van der Waals surface area contributed by atoms with Gasteiger partial charge in [0.1, 0.15) is 5.75 Å². The molecule has 0 amide bonds.